The summed E-state index contributed by atoms with van der Waals surface area (Å²) in [6.07, 6.45) is 1.34. The fraction of sp³-hybridized carbons (Fsp3) is 0. The third kappa shape index (κ3) is 3.65. The van der Waals surface area contributed by atoms with Crippen LogP contribution in [0.3, 0.4) is 0 Å². The fourth-order valence-corrected chi connectivity index (χ4v) is 2.11. The number of rotatable bonds is 3. The first-order valence-electron chi connectivity index (χ1n) is 5.84. The summed E-state index contributed by atoms with van der Waals surface area (Å²) in [5.41, 5.74) is 8.38. The van der Waals surface area contributed by atoms with E-state index in [0.29, 0.717) is 5.56 Å². The first-order chi connectivity index (χ1) is 10.4. The van der Waals surface area contributed by atoms with Gasteiger partial charge < -0.3 is 5.73 Å². The maximum atomic E-state index is 12.7. The maximum absolute atomic E-state index is 12.7. The first-order valence-corrected chi connectivity index (χ1v) is 6.97. The normalized spacial score (nSPS) is 10.9. The van der Waals surface area contributed by atoms with E-state index in [1.54, 1.807) is 0 Å². The zero-order chi connectivity index (χ0) is 16.3. The number of pyridine rings is 1. The zero-order valence-electron chi connectivity index (χ0n) is 10.8. The number of nitrogens with two attached hydrogens (primary N) is 1. The summed E-state index contributed by atoms with van der Waals surface area (Å²) in [6.45, 7) is 0. The van der Waals surface area contributed by atoms with E-state index in [1.165, 1.54) is 30.5 Å². The number of nitrogens with zero attached hydrogens (tertiary/aromatic N) is 1. The number of hydrogen-bond donors (Lipinski definition) is 2. The first kappa shape index (κ1) is 16.5. The highest BCUT2D eigenvalue weighted by atomic mass is 35.5. The molecule has 0 saturated heterocycles. The third-order valence-electron chi connectivity index (χ3n) is 2.60. The number of amides is 1. The van der Waals surface area contributed by atoms with Gasteiger partial charge in [0.2, 0.25) is 0 Å². The third-order valence-corrected chi connectivity index (χ3v) is 3.76. The van der Waals surface area contributed by atoms with Crippen LogP contribution < -0.4 is 16.1 Å². The molecule has 114 valence electrons. The van der Waals surface area contributed by atoms with E-state index in [-0.39, 0.29) is 32.4 Å². The van der Waals surface area contributed by atoms with E-state index in [0.717, 1.165) is 0 Å². The fourth-order valence-electron chi connectivity index (χ4n) is 1.50. The minimum atomic E-state index is -0.659. The van der Waals surface area contributed by atoms with Crippen molar-refractivity contribution in [3.05, 3.63) is 56.5 Å². The van der Waals surface area contributed by atoms with Gasteiger partial charge in [0.05, 0.1) is 11.9 Å². The standard InChI is InChI=1S/C13H8Cl3FN4O/c14-8-10(18)9(15)12(16)20-11(8)13(22)21-19-5-6-1-3-7(17)4-2-6/h1-5H,(H2,18,20)(H,21,22)/p+1/b19-5+. The highest BCUT2D eigenvalue weighted by Gasteiger charge is 2.25. The number of halogens is 4. The lowest BCUT2D eigenvalue weighted by molar-refractivity contribution is -0.379. The second-order valence-corrected chi connectivity index (χ2v) is 5.24. The lowest BCUT2D eigenvalue weighted by Gasteiger charge is -2.02. The zero-order valence-corrected chi connectivity index (χ0v) is 13.1. The van der Waals surface area contributed by atoms with Crippen molar-refractivity contribution in [3.8, 4) is 0 Å². The van der Waals surface area contributed by atoms with Crippen molar-refractivity contribution in [2.75, 3.05) is 5.73 Å². The number of aromatic amines is 1. The SMILES string of the molecule is Nc1c(Cl)c(Cl)[nH+]c(C(=O)N/N=C/c2ccc(F)cc2)c1Cl. The van der Waals surface area contributed by atoms with Gasteiger partial charge in [-0.05, 0) is 29.3 Å². The van der Waals surface area contributed by atoms with Crippen LogP contribution in [0.15, 0.2) is 29.4 Å². The van der Waals surface area contributed by atoms with Gasteiger partial charge in [-0.2, -0.15) is 10.1 Å². The van der Waals surface area contributed by atoms with Gasteiger partial charge in [-0.15, -0.1) is 0 Å². The Morgan fingerprint density at radius 3 is 2.50 bits per heavy atom. The predicted molar refractivity (Wildman–Crippen MR) is 83.9 cm³/mol. The van der Waals surface area contributed by atoms with E-state index in [9.17, 15) is 9.18 Å². The maximum Gasteiger partial charge on any atom is 0.337 e. The van der Waals surface area contributed by atoms with Gasteiger partial charge in [0, 0.05) is 0 Å². The monoisotopic (exact) mass is 361 g/mol. The largest absolute Gasteiger partial charge is 0.396 e. The number of nitrogen functional groups attached to an aromatic ring is 1. The molecule has 1 aromatic carbocycles. The summed E-state index contributed by atoms with van der Waals surface area (Å²) in [7, 11) is 0. The van der Waals surface area contributed by atoms with E-state index >= 15 is 0 Å². The molecule has 1 heterocycles. The number of hydrogen-bond acceptors (Lipinski definition) is 3. The van der Waals surface area contributed by atoms with Crippen molar-refractivity contribution >= 4 is 52.6 Å². The lowest BCUT2D eigenvalue weighted by atomic mass is 10.2. The summed E-state index contributed by atoms with van der Waals surface area (Å²) in [4.78, 5) is 14.5. The average molecular weight is 363 g/mol. The number of hydrazone groups is 1. The van der Waals surface area contributed by atoms with Crippen LogP contribution in [-0.4, -0.2) is 12.1 Å². The quantitative estimate of drug-likeness (QED) is 0.500. The Kier molecular flexibility index (Phi) is 5.18. The molecule has 0 bridgehead atoms. The number of carbonyl (C=O) groups is 1. The molecule has 4 N–H and O–H groups in total. The summed E-state index contributed by atoms with van der Waals surface area (Å²) in [5.74, 6) is -1.03. The molecular weight excluding hydrogens is 354 g/mol. The molecule has 0 radical (unpaired) electrons. The number of nitrogens with one attached hydrogen (secondary N) is 2. The Bertz CT molecular complexity index is 750. The van der Waals surface area contributed by atoms with Crippen molar-refractivity contribution in [2.24, 2.45) is 5.10 Å². The molecule has 0 unspecified atom stereocenters. The average Bonchev–Trinajstić information content (AvgIpc) is 2.50. The molecule has 5 nitrogen and oxygen atoms in total. The molecule has 0 saturated carbocycles. The molecule has 0 aliphatic heterocycles. The highest BCUT2D eigenvalue weighted by molar-refractivity contribution is 6.45. The Labute approximate surface area is 139 Å². The Balaban J connectivity index is 2.15. The van der Waals surface area contributed by atoms with Crippen LogP contribution in [0.4, 0.5) is 10.1 Å². The van der Waals surface area contributed by atoms with Gasteiger partial charge in [-0.25, -0.2) is 9.82 Å². The van der Waals surface area contributed by atoms with Gasteiger partial charge in [-0.1, -0.05) is 35.3 Å². The van der Waals surface area contributed by atoms with Crippen molar-refractivity contribution in [2.45, 2.75) is 0 Å². The molecule has 1 aromatic heterocycles. The molecule has 2 rings (SSSR count). The minimum Gasteiger partial charge on any atom is -0.396 e. The number of benzene rings is 1. The van der Waals surface area contributed by atoms with Gasteiger partial charge >= 0.3 is 5.91 Å². The molecule has 1 amide bonds. The van der Waals surface area contributed by atoms with Crippen molar-refractivity contribution in [1.29, 1.82) is 0 Å². The molecule has 0 atom stereocenters. The van der Waals surface area contributed by atoms with E-state index in [4.69, 9.17) is 40.5 Å². The van der Waals surface area contributed by atoms with E-state index in [1.807, 2.05) is 0 Å². The van der Waals surface area contributed by atoms with Crippen LogP contribution >= 0.6 is 34.8 Å². The molecule has 0 aliphatic carbocycles. The molecule has 0 fully saturated rings. The Hall–Kier alpha value is -1.89. The van der Waals surface area contributed by atoms with Crippen LogP contribution in [0.1, 0.15) is 16.1 Å². The number of anilines is 1. The van der Waals surface area contributed by atoms with Crippen LogP contribution in [0.5, 0.6) is 0 Å². The van der Waals surface area contributed by atoms with Gasteiger partial charge in [-0.3, -0.25) is 4.79 Å². The van der Waals surface area contributed by atoms with Crippen LogP contribution in [0.2, 0.25) is 15.2 Å². The second kappa shape index (κ2) is 6.91. The predicted octanol–water partition coefficient (Wildman–Crippen LogP) is 2.95. The highest BCUT2D eigenvalue weighted by Crippen LogP contribution is 2.31. The minimum absolute atomic E-state index is 0.0141. The summed E-state index contributed by atoms with van der Waals surface area (Å²) >= 11 is 17.5. The van der Waals surface area contributed by atoms with Crippen molar-refractivity contribution in [1.82, 2.24) is 5.43 Å². The Morgan fingerprint density at radius 1 is 1.23 bits per heavy atom. The summed E-state index contributed by atoms with van der Waals surface area (Å²) in [6, 6.07) is 5.55. The summed E-state index contributed by atoms with van der Waals surface area (Å²) < 4.78 is 12.7. The van der Waals surface area contributed by atoms with Crippen LogP contribution in [0.25, 0.3) is 0 Å². The number of carbonyl (C=O) groups excluding carboxylic acids is 1. The molecule has 22 heavy (non-hydrogen) atoms. The topological polar surface area (TPSA) is 81.6 Å². The Morgan fingerprint density at radius 2 is 1.86 bits per heavy atom. The van der Waals surface area contributed by atoms with Crippen molar-refractivity contribution < 1.29 is 14.2 Å². The molecule has 0 spiro atoms. The van der Waals surface area contributed by atoms with Crippen LogP contribution in [0, 0.1) is 5.82 Å². The van der Waals surface area contributed by atoms with Gasteiger partial charge in [0.1, 0.15) is 15.9 Å². The van der Waals surface area contributed by atoms with Crippen LogP contribution in [-0.2, 0) is 0 Å². The van der Waals surface area contributed by atoms with Crippen molar-refractivity contribution in [3.63, 3.8) is 0 Å². The van der Waals surface area contributed by atoms with E-state index < -0.39 is 5.91 Å². The molecule has 0 aliphatic rings. The molecule has 9 heteroatoms. The number of H-pyrrole nitrogens is 1. The van der Waals surface area contributed by atoms with Gasteiger partial charge in [0.25, 0.3) is 10.8 Å². The summed E-state index contributed by atoms with van der Waals surface area (Å²) in [5, 5.41) is 3.67. The molecular formula is C13H9Cl3FN4O+. The van der Waals surface area contributed by atoms with Gasteiger partial charge in [0.15, 0.2) is 0 Å². The lowest BCUT2D eigenvalue weighted by Crippen LogP contribution is -2.28. The number of aromatic nitrogens is 1. The second-order valence-electron chi connectivity index (χ2n) is 4.11. The molecule has 2 aromatic rings. The smallest absolute Gasteiger partial charge is 0.337 e. The van der Waals surface area contributed by atoms with E-state index in [2.05, 4.69) is 15.5 Å².